The van der Waals surface area contributed by atoms with E-state index >= 15 is 0 Å². The standard InChI is InChI=1S/C14H10BrF4N/c15-12-7-10(16)5-6-11(12)13(20)8-1-3-9(4-2-8)14(17,18)19/h1-7,13H,20H2. The monoisotopic (exact) mass is 347 g/mol. The average molecular weight is 348 g/mol. The predicted molar refractivity (Wildman–Crippen MR) is 71.6 cm³/mol. The van der Waals surface area contributed by atoms with Gasteiger partial charge in [0.15, 0.2) is 0 Å². The molecule has 0 fully saturated rings. The molecule has 6 heteroatoms. The van der Waals surface area contributed by atoms with E-state index in [0.717, 1.165) is 12.1 Å². The summed E-state index contributed by atoms with van der Waals surface area (Å²) in [7, 11) is 0. The molecule has 2 aromatic carbocycles. The molecule has 2 rings (SSSR count). The summed E-state index contributed by atoms with van der Waals surface area (Å²) < 4.78 is 50.9. The van der Waals surface area contributed by atoms with Crippen molar-refractivity contribution in [2.45, 2.75) is 12.2 Å². The Morgan fingerprint density at radius 1 is 1.00 bits per heavy atom. The average Bonchev–Trinajstić information content (AvgIpc) is 2.37. The van der Waals surface area contributed by atoms with Gasteiger partial charge in [-0.05, 0) is 35.4 Å². The van der Waals surface area contributed by atoms with Gasteiger partial charge in [0.25, 0.3) is 0 Å². The highest BCUT2D eigenvalue weighted by atomic mass is 79.9. The fraction of sp³-hybridized carbons (Fsp3) is 0.143. The molecule has 0 heterocycles. The maximum Gasteiger partial charge on any atom is 0.416 e. The third kappa shape index (κ3) is 3.19. The summed E-state index contributed by atoms with van der Waals surface area (Å²) in [5.41, 5.74) is 6.38. The Kier molecular flexibility index (Phi) is 4.15. The van der Waals surface area contributed by atoms with E-state index in [1.165, 1.54) is 30.3 Å². The van der Waals surface area contributed by atoms with Crippen molar-refractivity contribution in [3.8, 4) is 0 Å². The van der Waals surface area contributed by atoms with Crippen LogP contribution in [-0.2, 0) is 6.18 Å². The highest BCUT2D eigenvalue weighted by Crippen LogP contribution is 2.32. The van der Waals surface area contributed by atoms with Gasteiger partial charge in [0.1, 0.15) is 5.82 Å². The van der Waals surface area contributed by atoms with E-state index in [-0.39, 0.29) is 0 Å². The number of alkyl halides is 3. The molecule has 0 aliphatic rings. The Balaban J connectivity index is 2.31. The van der Waals surface area contributed by atoms with Crippen molar-refractivity contribution < 1.29 is 17.6 Å². The highest BCUT2D eigenvalue weighted by molar-refractivity contribution is 9.10. The number of halogens is 5. The van der Waals surface area contributed by atoms with Crippen LogP contribution >= 0.6 is 15.9 Å². The number of hydrogen-bond donors (Lipinski definition) is 1. The van der Waals surface area contributed by atoms with Crippen LogP contribution in [0.3, 0.4) is 0 Å². The van der Waals surface area contributed by atoms with Crippen LogP contribution in [0.15, 0.2) is 46.9 Å². The molecular formula is C14H10BrF4N. The third-order valence-corrected chi connectivity index (χ3v) is 3.58. The summed E-state index contributed by atoms with van der Waals surface area (Å²) in [6.45, 7) is 0. The van der Waals surface area contributed by atoms with E-state index in [2.05, 4.69) is 15.9 Å². The predicted octanol–water partition coefficient (Wildman–Crippen LogP) is 4.66. The first-order valence-corrected chi connectivity index (χ1v) is 6.46. The molecule has 106 valence electrons. The van der Waals surface area contributed by atoms with Gasteiger partial charge in [-0.2, -0.15) is 13.2 Å². The first-order valence-electron chi connectivity index (χ1n) is 5.66. The quantitative estimate of drug-likeness (QED) is 0.786. The number of nitrogens with two attached hydrogens (primary N) is 1. The lowest BCUT2D eigenvalue weighted by atomic mass is 9.98. The molecule has 0 aromatic heterocycles. The lowest BCUT2D eigenvalue weighted by Gasteiger charge is -2.15. The zero-order chi connectivity index (χ0) is 14.9. The lowest BCUT2D eigenvalue weighted by Crippen LogP contribution is -2.13. The zero-order valence-corrected chi connectivity index (χ0v) is 11.7. The van der Waals surface area contributed by atoms with Gasteiger partial charge in [0.2, 0.25) is 0 Å². The van der Waals surface area contributed by atoms with Gasteiger partial charge in [-0.25, -0.2) is 4.39 Å². The second-order valence-corrected chi connectivity index (χ2v) is 5.12. The van der Waals surface area contributed by atoms with Crippen molar-refractivity contribution in [2.75, 3.05) is 0 Å². The minimum Gasteiger partial charge on any atom is -0.320 e. The summed E-state index contributed by atoms with van der Waals surface area (Å²) in [6.07, 6.45) is -4.38. The summed E-state index contributed by atoms with van der Waals surface area (Å²) in [5, 5.41) is 0. The smallest absolute Gasteiger partial charge is 0.320 e. The number of rotatable bonds is 2. The Bertz CT molecular complexity index is 608. The van der Waals surface area contributed by atoms with Crippen LogP contribution in [-0.4, -0.2) is 0 Å². The Morgan fingerprint density at radius 3 is 2.10 bits per heavy atom. The van der Waals surface area contributed by atoms with Gasteiger partial charge in [-0.3, -0.25) is 0 Å². The van der Waals surface area contributed by atoms with Crippen LogP contribution in [0.5, 0.6) is 0 Å². The molecule has 20 heavy (non-hydrogen) atoms. The minimum absolute atomic E-state index is 0.416. The molecule has 1 nitrogen and oxygen atoms in total. The molecule has 0 amide bonds. The molecule has 0 radical (unpaired) electrons. The molecule has 1 unspecified atom stereocenters. The van der Waals surface area contributed by atoms with Crippen LogP contribution in [0.4, 0.5) is 17.6 Å². The molecule has 0 spiro atoms. The minimum atomic E-state index is -4.38. The van der Waals surface area contributed by atoms with Crippen molar-refractivity contribution in [3.05, 3.63) is 69.4 Å². The van der Waals surface area contributed by atoms with Crippen molar-refractivity contribution >= 4 is 15.9 Å². The largest absolute Gasteiger partial charge is 0.416 e. The molecule has 1 atom stereocenters. The van der Waals surface area contributed by atoms with Crippen molar-refractivity contribution in [1.82, 2.24) is 0 Å². The summed E-state index contributed by atoms with van der Waals surface area (Å²) in [5.74, 6) is -0.416. The van der Waals surface area contributed by atoms with E-state index in [4.69, 9.17) is 5.73 Å². The molecule has 0 saturated heterocycles. The van der Waals surface area contributed by atoms with Crippen LogP contribution in [0.2, 0.25) is 0 Å². The number of benzene rings is 2. The summed E-state index contributed by atoms with van der Waals surface area (Å²) in [4.78, 5) is 0. The van der Waals surface area contributed by atoms with Crippen LogP contribution < -0.4 is 5.73 Å². The van der Waals surface area contributed by atoms with Crippen molar-refractivity contribution in [2.24, 2.45) is 5.73 Å². The highest BCUT2D eigenvalue weighted by Gasteiger charge is 2.30. The zero-order valence-electron chi connectivity index (χ0n) is 10.1. The fourth-order valence-corrected chi connectivity index (χ4v) is 2.41. The first-order chi connectivity index (χ1) is 9.29. The normalized spacial score (nSPS) is 13.3. The van der Waals surface area contributed by atoms with E-state index in [1.807, 2.05) is 0 Å². The van der Waals surface area contributed by atoms with Crippen molar-refractivity contribution in [1.29, 1.82) is 0 Å². The van der Waals surface area contributed by atoms with Gasteiger partial charge in [-0.15, -0.1) is 0 Å². The van der Waals surface area contributed by atoms with Crippen LogP contribution in [0.25, 0.3) is 0 Å². The van der Waals surface area contributed by atoms with Crippen LogP contribution in [0, 0.1) is 5.82 Å². The Morgan fingerprint density at radius 2 is 1.60 bits per heavy atom. The molecule has 0 bridgehead atoms. The fourth-order valence-electron chi connectivity index (χ4n) is 1.81. The Labute approximate surface area is 121 Å². The second kappa shape index (κ2) is 5.54. The molecule has 2 aromatic rings. The molecular weight excluding hydrogens is 338 g/mol. The van der Waals surface area contributed by atoms with E-state index in [1.54, 1.807) is 0 Å². The number of hydrogen-bond acceptors (Lipinski definition) is 1. The van der Waals surface area contributed by atoms with E-state index in [9.17, 15) is 17.6 Å². The first kappa shape index (κ1) is 15.0. The van der Waals surface area contributed by atoms with Gasteiger partial charge in [0.05, 0.1) is 11.6 Å². The third-order valence-electron chi connectivity index (χ3n) is 2.89. The summed E-state index contributed by atoms with van der Waals surface area (Å²) in [6, 6.07) is 7.99. The SMILES string of the molecule is NC(c1ccc(C(F)(F)F)cc1)c1ccc(F)cc1Br. The van der Waals surface area contributed by atoms with E-state index < -0.39 is 23.6 Å². The molecule has 0 aliphatic heterocycles. The maximum absolute atomic E-state index is 13.0. The Hall–Kier alpha value is -1.40. The van der Waals surface area contributed by atoms with Crippen LogP contribution in [0.1, 0.15) is 22.7 Å². The lowest BCUT2D eigenvalue weighted by molar-refractivity contribution is -0.137. The van der Waals surface area contributed by atoms with Gasteiger partial charge in [-0.1, -0.05) is 34.1 Å². The van der Waals surface area contributed by atoms with Crippen molar-refractivity contribution in [3.63, 3.8) is 0 Å². The maximum atomic E-state index is 13.0. The summed E-state index contributed by atoms with van der Waals surface area (Å²) >= 11 is 3.19. The van der Waals surface area contributed by atoms with Gasteiger partial charge >= 0.3 is 6.18 Å². The second-order valence-electron chi connectivity index (χ2n) is 4.26. The molecule has 2 N–H and O–H groups in total. The molecule has 0 aliphatic carbocycles. The van der Waals surface area contributed by atoms with Gasteiger partial charge in [0, 0.05) is 4.47 Å². The molecule has 0 saturated carbocycles. The topological polar surface area (TPSA) is 26.0 Å². The van der Waals surface area contributed by atoms with Gasteiger partial charge < -0.3 is 5.73 Å². The van der Waals surface area contributed by atoms with E-state index in [0.29, 0.717) is 15.6 Å².